The maximum absolute atomic E-state index is 11.2. The minimum atomic E-state index is -0.682. The van der Waals surface area contributed by atoms with Gasteiger partial charge in [0, 0.05) is 41.4 Å². The average molecular weight is 204 g/mol. The van der Waals surface area contributed by atoms with E-state index in [-0.39, 0.29) is 0 Å². The van der Waals surface area contributed by atoms with E-state index in [0.717, 1.165) is 19.6 Å². The molecule has 0 aromatic carbocycles. The zero-order valence-corrected chi connectivity index (χ0v) is 9.56. The Balaban J connectivity index is 2.27. The van der Waals surface area contributed by atoms with E-state index in [1.54, 1.807) is 6.26 Å². The van der Waals surface area contributed by atoms with Gasteiger partial charge >= 0.3 is 0 Å². The molecule has 78 valence electrons. The summed E-state index contributed by atoms with van der Waals surface area (Å²) in [4.78, 5) is 2.40. The van der Waals surface area contributed by atoms with Crippen molar-refractivity contribution < 1.29 is 4.21 Å². The van der Waals surface area contributed by atoms with Crippen molar-refractivity contribution in [3.63, 3.8) is 0 Å². The highest BCUT2D eigenvalue weighted by molar-refractivity contribution is 7.84. The van der Waals surface area contributed by atoms with E-state index in [9.17, 15) is 4.21 Å². The second-order valence-electron chi connectivity index (χ2n) is 3.84. The normalized spacial score (nSPS) is 29.0. The van der Waals surface area contributed by atoms with Crippen molar-refractivity contribution in [1.82, 2.24) is 10.2 Å². The molecule has 0 aromatic rings. The second-order valence-corrected chi connectivity index (χ2v) is 5.64. The molecule has 0 amide bonds. The van der Waals surface area contributed by atoms with Crippen molar-refractivity contribution in [2.75, 3.05) is 32.9 Å². The molecule has 3 atom stereocenters. The topological polar surface area (TPSA) is 32.3 Å². The van der Waals surface area contributed by atoms with Gasteiger partial charge in [0.05, 0.1) is 0 Å². The molecule has 0 aliphatic carbocycles. The summed E-state index contributed by atoms with van der Waals surface area (Å²) in [5.41, 5.74) is 0. The summed E-state index contributed by atoms with van der Waals surface area (Å²) in [7, 11) is 1.33. The lowest BCUT2D eigenvalue weighted by atomic mass is 10.3. The van der Waals surface area contributed by atoms with Crippen LogP contribution >= 0.6 is 0 Å². The van der Waals surface area contributed by atoms with Gasteiger partial charge in [-0.2, -0.15) is 0 Å². The smallest absolute Gasteiger partial charge is 0.0444 e. The molecule has 1 N–H and O–H groups in total. The Kier molecular flexibility index (Phi) is 4.35. The molecule has 1 saturated heterocycles. The molecule has 0 spiro atoms. The van der Waals surface area contributed by atoms with Crippen LogP contribution in [0.1, 0.15) is 13.3 Å². The van der Waals surface area contributed by atoms with Crippen LogP contribution in [0.2, 0.25) is 0 Å². The maximum Gasteiger partial charge on any atom is 0.0444 e. The molecule has 13 heavy (non-hydrogen) atoms. The Labute approximate surface area is 83.3 Å². The predicted molar refractivity (Wildman–Crippen MR) is 57.4 cm³/mol. The summed E-state index contributed by atoms with van der Waals surface area (Å²) in [6.45, 7) is 5.29. The molecule has 1 heterocycles. The monoisotopic (exact) mass is 204 g/mol. The number of rotatable bonds is 4. The number of likely N-dealkylation sites (N-methyl/N-ethyl adjacent to an activating group) is 1. The molecule has 1 aliphatic heterocycles. The number of nitrogens with one attached hydrogen (secondary N) is 1. The van der Waals surface area contributed by atoms with Crippen molar-refractivity contribution in [3.05, 3.63) is 0 Å². The molecule has 4 heteroatoms. The minimum absolute atomic E-state index is 0.301. The fourth-order valence-corrected chi connectivity index (χ4v) is 2.12. The first-order chi connectivity index (χ1) is 6.13. The summed E-state index contributed by atoms with van der Waals surface area (Å²) >= 11 is 0. The Bertz CT molecular complexity index is 186. The SMILES string of the molecule is CNC1CCN(CC(C)S(C)=O)C1. The maximum atomic E-state index is 11.2. The predicted octanol–water partition coefficient (Wildman–Crippen LogP) is 0.0471. The summed E-state index contributed by atoms with van der Waals surface area (Å²) in [5, 5.41) is 3.58. The summed E-state index contributed by atoms with van der Waals surface area (Å²) in [6, 6.07) is 0.637. The first kappa shape index (κ1) is 11.1. The Morgan fingerprint density at radius 1 is 1.69 bits per heavy atom. The van der Waals surface area contributed by atoms with Gasteiger partial charge in [-0.25, -0.2) is 0 Å². The molecule has 3 unspecified atom stereocenters. The van der Waals surface area contributed by atoms with E-state index in [1.165, 1.54) is 6.42 Å². The van der Waals surface area contributed by atoms with Crippen LogP contribution in [0.15, 0.2) is 0 Å². The Hall–Kier alpha value is 0.0700. The zero-order valence-electron chi connectivity index (χ0n) is 8.75. The standard InChI is InChI=1S/C9H20N2OS/c1-8(13(3)12)6-11-5-4-9(7-11)10-2/h8-10H,4-7H2,1-3H3. The summed E-state index contributed by atoms with van der Waals surface area (Å²) in [5.74, 6) is 0. The first-order valence-electron chi connectivity index (χ1n) is 4.85. The van der Waals surface area contributed by atoms with Crippen LogP contribution in [0.4, 0.5) is 0 Å². The quantitative estimate of drug-likeness (QED) is 0.702. The van der Waals surface area contributed by atoms with Crippen molar-refractivity contribution >= 4 is 10.8 Å². The lowest BCUT2D eigenvalue weighted by molar-refractivity contribution is 0.333. The van der Waals surface area contributed by atoms with Gasteiger partial charge in [0.2, 0.25) is 0 Å². The number of likely N-dealkylation sites (tertiary alicyclic amines) is 1. The van der Waals surface area contributed by atoms with Gasteiger partial charge in [-0.3, -0.25) is 4.21 Å². The fraction of sp³-hybridized carbons (Fsp3) is 1.00. The van der Waals surface area contributed by atoms with Gasteiger partial charge in [-0.05, 0) is 26.9 Å². The van der Waals surface area contributed by atoms with Gasteiger partial charge in [0.1, 0.15) is 0 Å². The van der Waals surface area contributed by atoms with Crippen LogP contribution in [0.3, 0.4) is 0 Å². The van der Waals surface area contributed by atoms with Crippen molar-refractivity contribution in [1.29, 1.82) is 0 Å². The highest BCUT2D eigenvalue weighted by Crippen LogP contribution is 2.10. The Morgan fingerprint density at radius 3 is 2.85 bits per heavy atom. The van der Waals surface area contributed by atoms with Crippen LogP contribution in [0.5, 0.6) is 0 Å². The fourth-order valence-electron chi connectivity index (χ4n) is 1.70. The highest BCUT2D eigenvalue weighted by Gasteiger charge is 2.22. The van der Waals surface area contributed by atoms with Crippen LogP contribution in [-0.2, 0) is 10.8 Å². The van der Waals surface area contributed by atoms with E-state index in [2.05, 4.69) is 17.1 Å². The van der Waals surface area contributed by atoms with Crippen LogP contribution in [-0.4, -0.2) is 53.3 Å². The molecular formula is C9H20N2OS. The summed E-state index contributed by atoms with van der Waals surface area (Å²) < 4.78 is 11.2. The molecule has 1 aliphatic rings. The minimum Gasteiger partial charge on any atom is -0.316 e. The third-order valence-electron chi connectivity index (χ3n) is 2.76. The van der Waals surface area contributed by atoms with Crippen LogP contribution in [0, 0.1) is 0 Å². The van der Waals surface area contributed by atoms with Gasteiger partial charge in [-0.1, -0.05) is 0 Å². The number of nitrogens with zero attached hydrogens (tertiary/aromatic N) is 1. The van der Waals surface area contributed by atoms with E-state index >= 15 is 0 Å². The number of hydrogen-bond donors (Lipinski definition) is 1. The molecule has 1 fully saturated rings. The average Bonchev–Trinajstić information content (AvgIpc) is 2.52. The van der Waals surface area contributed by atoms with Crippen molar-refractivity contribution in [2.45, 2.75) is 24.6 Å². The molecular weight excluding hydrogens is 184 g/mol. The summed E-state index contributed by atoms with van der Waals surface area (Å²) in [6.07, 6.45) is 3.01. The van der Waals surface area contributed by atoms with Gasteiger partial charge in [0.25, 0.3) is 0 Å². The van der Waals surface area contributed by atoms with E-state index in [0.29, 0.717) is 11.3 Å². The largest absolute Gasteiger partial charge is 0.316 e. The van der Waals surface area contributed by atoms with Crippen molar-refractivity contribution in [2.24, 2.45) is 0 Å². The lowest BCUT2D eigenvalue weighted by Crippen LogP contribution is -2.34. The number of hydrogen-bond acceptors (Lipinski definition) is 3. The van der Waals surface area contributed by atoms with E-state index in [4.69, 9.17) is 0 Å². The molecule has 0 saturated carbocycles. The van der Waals surface area contributed by atoms with Gasteiger partial charge < -0.3 is 10.2 Å². The van der Waals surface area contributed by atoms with Crippen molar-refractivity contribution in [3.8, 4) is 0 Å². The molecule has 0 aromatic heterocycles. The van der Waals surface area contributed by atoms with Gasteiger partial charge in [0.15, 0.2) is 0 Å². The third-order valence-corrected chi connectivity index (χ3v) is 4.04. The third kappa shape index (κ3) is 3.37. The van der Waals surface area contributed by atoms with E-state index < -0.39 is 10.8 Å². The van der Waals surface area contributed by atoms with Gasteiger partial charge in [-0.15, -0.1) is 0 Å². The molecule has 0 radical (unpaired) electrons. The molecule has 3 nitrogen and oxygen atoms in total. The zero-order chi connectivity index (χ0) is 9.84. The highest BCUT2D eigenvalue weighted by atomic mass is 32.2. The molecule has 0 bridgehead atoms. The van der Waals surface area contributed by atoms with Crippen LogP contribution < -0.4 is 5.32 Å². The Morgan fingerprint density at radius 2 is 2.38 bits per heavy atom. The first-order valence-corrected chi connectivity index (χ1v) is 6.47. The second kappa shape index (κ2) is 5.08. The van der Waals surface area contributed by atoms with E-state index in [1.807, 2.05) is 7.05 Å². The molecule has 1 rings (SSSR count). The lowest BCUT2D eigenvalue weighted by Gasteiger charge is -2.19. The van der Waals surface area contributed by atoms with Crippen LogP contribution in [0.25, 0.3) is 0 Å².